The Hall–Kier alpha value is -0.950. The first-order valence-corrected chi connectivity index (χ1v) is 6.33. The Bertz CT molecular complexity index is 427. The average molecular weight is 230 g/mol. The van der Waals surface area contributed by atoms with Crippen LogP contribution in [-0.2, 0) is 6.42 Å². The normalized spacial score (nSPS) is 23.9. The van der Waals surface area contributed by atoms with Crippen LogP contribution in [0.4, 0.5) is 0 Å². The van der Waals surface area contributed by atoms with Crippen molar-refractivity contribution < 1.29 is 0 Å². The van der Waals surface area contributed by atoms with Gasteiger partial charge in [0.05, 0.1) is 0 Å². The van der Waals surface area contributed by atoms with Crippen LogP contribution in [0.15, 0.2) is 48.1 Å². The summed E-state index contributed by atoms with van der Waals surface area (Å²) in [6.07, 6.45) is 7.60. The van der Waals surface area contributed by atoms with Crippen LogP contribution in [0.5, 0.6) is 0 Å². The monoisotopic (exact) mass is 230 g/mol. The Morgan fingerprint density at radius 2 is 2.12 bits per heavy atom. The van der Waals surface area contributed by atoms with Crippen LogP contribution in [0.1, 0.15) is 30.9 Å². The summed E-state index contributed by atoms with van der Waals surface area (Å²) in [5.74, 6) is 0.566. The predicted octanol–water partition coefficient (Wildman–Crippen LogP) is 4.15. The van der Waals surface area contributed by atoms with Gasteiger partial charge in [-0.1, -0.05) is 55.0 Å². The summed E-state index contributed by atoms with van der Waals surface area (Å²) < 4.78 is 0. The van der Waals surface area contributed by atoms with E-state index in [0.717, 1.165) is 6.42 Å². The Kier molecular flexibility index (Phi) is 3.55. The zero-order chi connectivity index (χ0) is 11.5. The molecule has 0 N–H and O–H groups in total. The lowest BCUT2D eigenvalue weighted by Crippen LogP contribution is -1.89. The van der Waals surface area contributed by atoms with E-state index in [9.17, 15) is 0 Å². The van der Waals surface area contributed by atoms with Gasteiger partial charge in [-0.2, -0.15) is 12.6 Å². The number of rotatable bonds is 2. The molecule has 2 unspecified atom stereocenters. The lowest BCUT2D eigenvalue weighted by Gasteiger charge is -2.05. The SMILES string of the molecule is CC(S)/C=C\C=C1\Cc2ccccc2C1C. The van der Waals surface area contributed by atoms with E-state index in [0.29, 0.717) is 11.2 Å². The largest absolute Gasteiger partial charge is 0.172 e. The highest BCUT2D eigenvalue weighted by atomic mass is 32.1. The fraction of sp³-hybridized carbons (Fsp3) is 0.333. The molecule has 0 radical (unpaired) electrons. The molecular weight excluding hydrogens is 212 g/mol. The molecule has 0 fully saturated rings. The lowest BCUT2D eigenvalue weighted by atomic mass is 10.00. The van der Waals surface area contributed by atoms with E-state index in [1.54, 1.807) is 0 Å². The molecule has 0 aromatic heterocycles. The van der Waals surface area contributed by atoms with Gasteiger partial charge in [-0.15, -0.1) is 0 Å². The van der Waals surface area contributed by atoms with Crippen LogP contribution >= 0.6 is 12.6 Å². The number of fused-ring (bicyclic) bond motifs is 1. The van der Waals surface area contributed by atoms with Crippen LogP contribution in [0, 0.1) is 0 Å². The first-order chi connectivity index (χ1) is 7.68. The second-order valence-corrected chi connectivity index (χ2v) is 5.28. The summed E-state index contributed by atoms with van der Waals surface area (Å²) >= 11 is 4.33. The van der Waals surface area contributed by atoms with Crippen molar-refractivity contribution in [2.45, 2.75) is 31.4 Å². The summed E-state index contributed by atoms with van der Waals surface area (Å²) in [6, 6.07) is 8.73. The van der Waals surface area contributed by atoms with Crippen molar-refractivity contribution in [2.24, 2.45) is 0 Å². The van der Waals surface area contributed by atoms with E-state index >= 15 is 0 Å². The van der Waals surface area contributed by atoms with Crippen LogP contribution in [-0.4, -0.2) is 5.25 Å². The molecule has 0 heterocycles. The Morgan fingerprint density at radius 3 is 2.81 bits per heavy atom. The highest BCUT2D eigenvalue weighted by Crippen LogP contribution is 2.36. The molecule has 1 aliphatic carbocycles. The third-order valence-corrected chi connectivity index (χ3v) is 3.34. The predicted molar refractivity (Wildman–Crippen MR) is 74.2 cm³/mol. The highest BCUT2D eigenvalue weighted by molar-refractivity contribution is 7.81. The molecule has 0 amide bonds. The zero-order valence-corrected chi connectivity index (χ0v) is 10.7. The quantitative estimate of drug-likeness (QED) is 0.725. The molecule has 2 atom stereocenters. The Labute approximate surface area is 103 Å². The topological polar surface area (TPSA) is 0 Å². The van der Waals surface area contributed by atoms with Crippen molar-refractivity contribution in [3.63, 3.8) is 0 Å². The minimum atomic E-state index is 0.330. The average Bonchev–Trinajstić information content (AvgIpc) is 2.56. The molecule has 0 aliphatic heterocycles. The molecule has 0 bridgehead atoms. The van der Waals surface area contributed by atoms with E-state index in [2.05, 4.69) is 69.0 Å². The minimum Gasteiger partial charge on any atom is -0.172 e. The van der Waals surface area contributed by atoms with Crippen LogP contribution in [0.2, 0.25) is 0 Å². The Morgan fingerprint density at radius 1 is 1.38 bits per heavy atom. The summed E-state index contributed by atoms with van der Waals surface area (Å²) in [5.41, 5.74) is 4.47. The minimum absolute atomic E-state index is 0.330. The molecule has 0 saturated heterocycles. The molecule has 1 aliphatic rings. The fourth-order valence-electron chi connectivity index (χ4n) is 2.23. The van der Waals surface area contributed by atoms with Crippen LogP contribution in [0.25, 0.3) is 0 Å². The number of thiol groups is 1. The third-order valence-electron chi connectivity index (χ3n) is 3.17. The van der Waals surface area contributed by atoms with Crippen molar-refractivity contribution >= 4 is 12.6 Å². The van der Waals surface area contributed by atoms with E-state index in [4.69, 9.17) is 0 Å². The Balaban J connectivity index is 2.18. The van der Waals surface area contributed by atoms with Crippen molar-refractivity contribution in [2.75, 3.05) is 0 Å². The maximum atomic E-state index is 4.33. The molecule has 0 nitrogen and oxygen atoms in total. The van der Waals surface area contributed by atoms with E-state index in [-0.39, 0.29) is 0 Å². The van der Waals surface area contributed by atoms with Gasteiger partial charge in [-0.05, 0) is 24.5 Å². The maximum absolute atomic E-state index is 4.33. The molecule has 1 heteroatoms. The number of benzene rings is 1. The van der Waals surface area contributed by atoms with Gasteiger partial charge in [-0.3, -0.25) is 0 Å². The second kappa shape index (κ2) is 4.92. The molecular formula is C15H18S. The molecule has 0 saturated carbocycles. The third kappa shape index (κ3) is 2.41. The van der Waals surface area contributed by atoms with Gasteiger partial charge in [0.1, 0.15) is 0 Å². The van der Waals surface area contributed by atoms with Crippen molar-refractivity contribution in [1.29, 1.82) is 0 Å². The van der Waals surface area contributed by atoms with Gasteiger partial charge in [0, 0.05) is 11.2 Å². The van der Waals surface area contributed by atoms with Gasteiger partial charge in [-0.25, -0.2) is 0 Å². The molecule has 1 aromatic rings. The number of hydrogen-bond donors (Lipinski definition) is 1. The van der Waals surface area contributed by atoms with Crippen LogP contribution < -0.4 is 0 Å². The first-order valence-electron chi connectivity index (χ1n) is 5.81. The lowest BCUT2D eigenvalue weighted by molar-refractivity contribution is 0.926. The van der Waals surface area contributed by atoms with E-state index in [1.165, 1.54) is 16.7 Å². The number of hydrogen-bond acceptors (Lipinski definition) is 1. The molecule has 16 heavy (non-hydrogen) atoms. The highest BCUT2D eigenvalue weighted by Gasteiger charge is 2.21. The van der Waals surface area contributed by atoms with E-state index in [1.807, 2.05) is 0 Å². The summed E-state index contributed by atoms with van der Waals surface area (Å²) in [7, 11) is 0. The van der Waals surface area contributed by atoms with Crippen molar-refractivity contribution in [3.8, 4) is 0 Å². The molecule has 84 valence electrons. The summed E-state index contributed by atoms with van der Waals surface area (Å²) in [5, 5.41) is 0.330. The van der Waals surface area contributed by atoms with Gasteiger partial charge in [0.2, 0.25) is 0 Å². The van der Waals surface area contributed by atoms with Crippen molar-refractivity contribution in [3.05, 3.63) is 59.2 Å². The van der Waals surface area contributed by atoms with Gasteiger partial charge >= 0.3 is 0 Å². The number of allylic oxidation sites excluding steroid dienone is 3. The summed E-state index contributed by atoms with van der Waals surface area (Å²) in [6.45, 7) is 4.36. The van der Waals surface area contributed by atoms with Gasteiger partial charge in [0.25, 0.3) is 0 Å². The van der Waals surface area contributed by atoms with Gasteiger partial charge in [0.15, 0.2) is 0 Å². The molecule has 2 rings (SSSR count). The molecule has 1 aromatic carbocycles. The zero-order valence-electron chi connectivity index (χ0n) is 9.85. The maximum Gasteiger partial charge on any atom is 0.0171 e. The first kappa shape index (κ1) is 11.5. The second-order valence-electron chi connectivity index (χ2n) is 4.46. The summed E-state index contributed by atoms with van der Waals surface area (Å²) in [4.78, 5) is 0. The fourth-order valence-corrected chi connectivity index (χ4v) is 2.33. The van der Waals surface area contributed by atoms with Crippen LogP contribution in [0.3, 0.4) is 0 Å². The van der Waals surface area contributed by atoms with Crippen molar-refractivity contribution in [1.82, 2.24) is 0 Å². The standard InChI is InChI=1S/C15H18S/c1-11(16)6-5-8-13-10-14-7-3-4-9-15(14)12(13)2/h3-9,11-12,16H,10H2,1-2H3/b6-5-,13-8-. The molecule has 0 spiro atoms. The smallest absolute Gasteiger partial charge is 0.0171 e. The van der Waals surface area contributed by atoms with Gasteiger partial charge < -0.3 is 0 Å². The van der Waals surface area contributed by atoms with E-state index < -0.39 is 0 Å².